The van der Waals surface area contributed by atoms with Crippen molar-refractivity contribution >= 4 is 35.5 Å². The van der Waals surface area contributed by atoms with Gasteiger partial charge in [-0.2, -0.15) is 0 Å². The van der Waals surface area contributed by atoms with E-state index in [1.165, 1.54) is 23.0 Å². The molecule has 0 bridgehead atoms. The summed E-state index contributed by atoms with van der Waals surface area (Å²) in [7, 11) is 0. The first-order chi connectivity index (χ1) is 21.9. The average Bonchev–Trinajstić information content (AvgIpc) is 3.60. The molecule has 0 unspecified atom stereocenters. The maximum Gasteiger partial charge on any atom is 0.340 e. The van der Waals surface area contributed by atoms with E-state index in [-0.39, 0.29) is 34.8 Å². The highest BCUT2D eigenvalue weighted by Crippen LogP contribution is 2.41. The van der Waals surface area contributed by atoms with Crippen molar-refractivity contribution in [2.75, 3.05) is 25.1 Å². The Morgan fingerprint density at radius 3 is 2.04 bits per heavy atom. The monoisotopic (exact) mass is 610 g/mol. The first-order valence-electron chi connectivity index (χ1n) is 13.9. The van der Waals surface area contributed by atoms with Crippen LogP contribution in [-0.2, 0) is 24.7 Å². The molecule has 3 atom stereocenters. The molecule has 1 saturated heterocycles. The van der Waals surface area contributed by atoms with E-state index in [4.69, 9.17) is 18.9 Å². The molecule has 2 aliphatic heterocycles. The standard InChI is InChI=1S/C32H26N4O9/c37-23-16-33-31(41)35-27-26(23)36(19-34-27)32(45-30(40)22-14-8-3-9-15-22)24(17-43-28(38)20-10-4-1-5-11-20)42-18-25(32)44-29(39)21-12-6-2-7-13-21/h1-15,19,24-25H,16-18H2,(H2,33,35,41)/t24-,25+,32+/m1/s1. The first-order valence-corrected chi connectivity index (χ1v) is 13.9. The third-order valence-electron chi connectivity index (χ3n) is 7.32. The van der Waals surface area contributed by atoms with Crippen LogP contribution in [-0.4, -0.2) is 71.2 Å². The number of amides is 2. The zero-order chi connectivity index (χ0) is 31.4. The van der Waals surface area contributed by atoms with Crippen molar-refractivity contribution in [2.24, 2.45) is 0 Å². The fraction of sp³-hybridized carbons (Fsp3) is 0.188. The van der Waals surface area contributed by atoms with E-state index in [0.29, 0.717) is 0 Å². The molecule has 3 heterocycles. The fourth-order valence-corrected chi connectivity index (χ4v) is 5.16. The van der Waals surface area contributed by atoms with E-state index in [0.717, 1.165) is 0 Å². The molecule has 1 fully saturated rings. The van der Waals surface area contributed by atoms with Crippen molar-refractivity contribution in [2.45, 2.75) is 17.9 Å². The van der Waals surface area contributed by atoms with Crippen LogP contribution in [0.5, 0.6) is 0 Å². The van der Waals surface area contributed by atoms with E-state index in [1.54, 1.807) is 78.9 Å². The van der Waals surface area contributed by atoms with Crippen LogP contribution in [0.4, 0.5) is 10.6 Å². The summed E-state index contributed by atoms with van der Waals surface area (Å²) < 4.78 is 25.0. The Morgan fingerprint density at radius 2 is 1.42 bits per heavy atom. The number of urea groups is 1. The van der Waals surface area contributed by atoms with Crippen LogP contribution < -0.4 is 10.6 Å². The van der Waals surface area contributed by atoms with Crippen LogP contribution in [0.15, 0.2) is 97.3 Å². The van der Waals surface area contributed by atoms with E-state index in [9.17, 15) is 24.0 Å². The van der Waals surface area contributed by atoms with Gasteiger partial charge in [-0.3, -0.25) is 14.7 Å². The lowest BCUT2D eigenvalue weighted by Gasteiger charge is -2.38. The minimum absolute atomic E-state index is 0.120. The normalized spacial score (nSPS) is 20.6. The Morgan fingerprint density at radius 1 is 0.844 bits per heavy atom. The summed E-state index contributed by atoms with van der Waals surface area (Å²) >= 11 is 0. The van der Waals surface area contributed by atoms with Crippen LogP contribution in [0, 0.1) is 0 Å². The Kier molecular flexibility index (Phi) is 8.08. The number of benzene rings is 3. The number of ether oxygens (including phenoxy) is 4. The van der Waals surface area contributed by atoms with Crippen LogP contribution >= 0.6 is 0 Å². The number of esters is 3. The average molecular weight is 611 g/mol. The molecule has 13 heteroatoms. The van der Waals surface area contributed by atoms with Gasteiger partial charge in [-0.05, 0) is 36.4 Å². The fourth-order valence-electron chi connectivity index (χ4n) is 5.16. The highest BCUT2D eigenvalue weighted by molar-refractivity contribution is 6.07. The Balaban J connectivity index is 1.47. The zero-order valence-corrected chi connectivity index (χ0v) is 23.6. The topological polar surface area (TPSA) is 164 Å². The first kappa shape index (κ1) is 29.3. The van der Waals surface area contributed by atoms with Crippen molar-refractivity contribution in [3.05, 3.63) is 120 Å². The second-order valence-electron chi connectivity index (χ2n) is 10.1. The summed E-state index contributed by atoms with van der Waals surface area (Å²) in [6.45, 7) is -1.21. The lowest BCUT2D eigenvalue weighted by Crippen LogP contribution is -2.56. The molecule has 2 amide bonds. The number of rotatable bonds is 8. The summed E-state index contributed by atoms with van der Waals surface area (Å²) in [4.78, 5) is 69.9. The van der Waals surface area contributed by atoms with Gasteiger partial charge in [0, 0.05) is 0 Å². The third kappa shape index (κ3) is 5.76. The number of aromatic nitrogens is 2. The molecule has 4 aromatic rings. The molecule has 2 aliphatic rings. The molecule has 2 N–H and O–H groups in total. The van der Waals surface area contributed by atoms with Crippen LogP contribution in [0.2, 0.25) is 0 Å². The highest BCUT2D eigenvalue weighted by atomic mass is 16.7. The van der Waals surface area contributed by atoms with Crippen LogP contribution in [0.3, 0.4) is 0 Å². The van der Waals surface area contributed by atoms with Gasteiger partial charge < -0.3 is 24.3 Å². The molecule has 6 rings (SSSR count). The highest BCUT2D eigenvalue weighted by Gasteiger charge is 2.61. The van der Waals surface area contributed by atoms with Gasteiger partial charge in [-0.15, -0.1) is 0 Å². The summed E-state index contributed by atoms with van der Waals surface area (Å²) in [5.74, 6) is -3.02. The van der Waals surface area contributed by atoms with Gasteiger partial charge >= 0.3 is 23.9 Å². The van der Waals surface area contributed by atoms with E-state index in [1.807, 2.05) is 0 Å². The molecule has 0 saturated carbocycles. The van der Waals surface area contributed by atoms with Gasteiger partial charge in [0.05, 0.1) is 29.8 Å². The molecule has 0 aliphatic carbocycles. The van der Waals surface area contributed by atoms with Crippen molar-refractivity contribution < 1.29 is 42.9 Å². The van der Waals surface area contributed by atoms with E-state index >= 15 is 0 Å². The maximum absolute atomic E-state index is 13.8. The van der Waals surface area contributed by atoms with Gasteiger partial charge in [-0.1, -0.05) is 54.6 Å². The Labute approximate surface area is 256 Å². The number of nitrogens with one attached hydrogen (secondary N) is 2. The van der Waals surface area contributed by atoms with E-state index in [2.05, 4.69) is 15.6 Å². The third-order valence-corrected chi connectivity index (χ3v) is 7.32. The van der Waals surface area contributed by atoms with Crippen molar-refractivity contribution in [1.82, 2.24) is 14.9 Å². The van der Waals surface area contributed by atoms with Gasteiger partial charge in [0.15, 0.2) is 18.0 Å². The largest absolute Gasteiger partial charge is 0.459 e. The molecular weight excluding hydrogens is 584 g/mol. The number of fused-ring (bicyclic) bond motifs is 1. The summed E-state index contributed by atoms with van der Waals surface area (Å²) in [5, 5.41) is 4.90. The number of ketones is 1. The number of hydrogen-bond donors (Lipinski definition) is 2. The predicted octanol–water partition coefficient (Wildman–Crippen LogP) is 3.19. The summed E-state index contributed by atoms with van der Waals surface area (Å²) in [5.41, 5.74) is -1.68. The molecule has 228 valence electrons. The molecule has 13 nitrogen and oxygen atoms in total. The Bertz CT molecular complexity index is 1740. The Hall–Kier alpha value is -5.82. The lowest BCUT2D eigenvalue weighted by molar-refractivity contribution is -0.158. The van der Waals surface area contributed by atoms with Gasteiger partial charge in [0.1, 0.15) is 18.6 Å². The van der Waals surface area contributed by atoms with Crippen LogP contribution in [0.25, 0.3) is 0 Å². The molecule has 0 radical (unpaired) electrons. The quantitative estimate of drug-likeness (QED) is 0.224. The lowest BCUT2D eigenvalue weighted by atomic mass is 10.0. The maximum atomic E-state index is 13.8. The second-order valence-corrected chi connectivity index (χ2v) is 10.1. The predicted molar refractivity (Wildman–Crippen MR) is 156 cm³/mol. The number of anilines is 1. The van der Waals surface area contributed by atoms with Crippen molar-refractivity contribution in [3.8, 4) is 0 Å². The van der Waals surface area contributed by atoms with Gasteiger partial charge in [0.2, 0.25) is 5.78 Å². The minimum Gasteiger partial charge on any atom is -0.459 e. The summed E-state index contributed by atoms with van der Waals surface area (Å²) in [6, 6.07) is 23.7. The zero-order valence-electron chi connectivity index (χ0n) is 23.6. The van der Waals surface area contributed by atoms with Crippen LogP contribution in [0.1, 0.15) is 41.6 Å². The molecule has 1 aromatic heterocycles. The SMILES string of the molecule is O=C1NCC(=O)c2c(ncn2[C@@]2(OC(=O)c3ccccc3)[C@@H](OC(=O)c3ccccc3)CO[C@@H]2COC(=O)c2ccccc2)N1. The second kappa shape index (κ2) is 12.4. The van der Waals surface area contributed by atoms with Gasteiger partial charge in [0.25, 0.3) is 5.72 Å². The smallest absolute Gasteiger partial charge is 0.340 e. The molecular formula is C32H26N4O9. The number of imidazole rings is 1. The number of Topliss-reactive ketones (excluding diaryl/α,β-unsaturated/α-hetero) is 1. The van der Waals surface area contributed by atoms with Crippen molar-refractivity contribution in [1.29, 1.82) is 0 Å². The van der Waals surface area contributed by atoms with E-state index < -0.39 is 60.8 Å². The summed E-state index contributed by atoms with van der Waals surface area (Å²) in [6.07, 6.45) is -1.52. The number of nitrogens with zero attached hydrogens (tertiary/aromatic N) is 2. The molecule has 45 heavy (non-hydrogen) atoms. The number of carbonyl (C=O) groups excluding carboxylic acids is 5. The molecule has 3 aromatic carbocycles. The van der Waals surface area contributed by atoms with Gasteiger partial charge in [-0.25, -0.2) is 24.2 Å². The van der Waals surface area contributed by atoms with Crippen molar-refractivity contribution in [3.63, 3.8) is 0 Å². The minimum atomic E-state index is -2.14. The molecule has 0 spiro atoms. The number of hydrogen-bond acceptors (Lipinski definition) is 10. The number of carbonyl (C=O) groups is 5.